The van der Waals surface area contributed by atoms with Gasteiger partial charge in [-0.3, -0.25) is 4.79 Å². The Hall–Kier alpha value is -0.610. The highest BCUT2D eigenvalue weighted by Gasteiger charge is 2.23. The first kappa shape index (κ1) is 8.97. The standard InChI is InChI=1S/C9H16N2O2/c12-9-6-13-8(5-11-9)3-7-1-2-10-4-7/h7-8,10H,1-6H2,(H,11,12). The van der Waals surface area contributed by atoms with Crippen LogP contribution in [0.4, 0.5) is 0 Å². The summed E-state index contributed by atoms with van der Waals surface area (Å²) in [6.45, 7) is 3.16. The maximum Gasteiger partial charge on any atom is 0.246 e. The number of rotatable bonds is 2. The van der Waals surface area contributed by atoms with Crippen molar-refractivity contribution in [1.82, 2.24) is 10.6 Å². The molecule has 2 unspecified atom stereocenters. The summed E-state index contributed by atoms with van der Waals surface area (Å²) in [6, 6.07) is 0. The number of hydrogen-bond acceptors (Lipinski definition) is 3. The van der Waals surface area contributed by atoms with Crippen LogP contribution in [0.1, 0.15) is 12.8 Å². The molecule has 2 N–H and O–H groups in total. The second-order valence-corrected chi connectivity index (χ2v) is 3.83. The summed E-state index contributed by atoms with van der Waals surface area (Å²) in [7, 11) is 0. The highest BCUT2D eigenvalue weighted by atomic mass is 16.5. The van der Waals surface area contributed by atoms with Crippen molar-refractivity contribution < 1.29 is 9.53 Å². The van der Waals surface area contributed by atoms with E-state index in [9.17, 15) is 4.79 Å². The lowest BCUT2D eigenvalue weighted by atomic mass is 10.0. The molecule has 0 aromatic heterocycles. The molecule has 0 aromatic carbocycles. The summed E-state index contributed by atoms with van der Waals surface area (Å²) in [6.07, 6.45) is 2.56. The van der Waals surface area contributed by atoms with Gasteiger partial charge in [-0.2, -0.15) is 0 Å². The highest BCUT2D eigenvalue weighted by molar-refractivity contribution is 5.77. The molecule has 2 aliphatic rings. The molecule has 2 heterocycles. The minimum atomic E-state index is 0.0146. The largest absolute Gasteiger partial charge is 0.367 e. The number of amides is 1. The number of carbonyl (C=O) groups excluding carboxylic acids is 1. The molecule has 2 saturated heterocycles. The van der Waals surface area contributed by atoms with E-state index in [1.807, 2.05) is 0 Å². The topological polar surface area (TPSA) is 50.4 Å². The first-order chi connectivity index (χ1) is 6.34. The predicted molar refractivity (Wildman–Crippen MR) is 48.3 cm³/mol. The van der Waals surface area contributed by atoms with Crippen molar-refractivity contribution in [3.8, 4) is 0 Å². The third-order valence-electron chi connectivity index (χ3n) is 2.74. The van der Waals surface area contributed by atoms with E-state index in [0.29, 0.717) is 6.54 Å². The molecule has 0 aromatic rings. The van der Waals surface area contributed by atoms with E-state index in [-0.39, 0.29) is 18.6 Å². The second-order valence-electron chi connectivity index (χ2n) is 3.83. The van der Waals surface area contributed by atoms with Crippen molar-refractivity contribution in [1.29, 1.82) is 0 Å². The Morgan fingerprint density at radius 2 is 2.38 bits per heavy atom. The van der Waals surface area contributed by atoms with Crippen LogP contribution in [0.15, 0.2) is 0 Å². The summed E-state index contributed by atoms with van der Waals surface area (Å²) in [5, 5.41) is 6.15. The van der Waals surface area contributed by atoms with Crippen molar-refractivity contribution >= 4 is 5.91 Å². The third kappa shape index (κ3) is 2.42. The van der Waals surface area contributed by atoms with Crippen LogP contribution in [0.5, 0.6) is 0 Å². The molecule has 0 aliphatic carbocycles. The molecule has 2 rings (SSSR count). The Labute approximate surface area is 78.0 Å². The van der Waals surface area contributed by atoms with Gasteiger partial charge in [-0.15, -0.1) is 0 Å². The van der Waals surface area contributed by atoms with Crippen molar-refractivity contribution in [2.75, 3.05) is 26.2 Å². The molecule has 2 atom stereocenters. The van der Waals surface area contributed by atoms with Crippen molar-refractivity contribution in [2.24, 2.45) is 5.92 Å². The van der Waals surface area contributed by atoms with Crippen LogP contribution in [0, 0.1) is 5.92 Å². The lowest BCUT2D eigenvalue weighted by molar-refractivity contribution is -0.133. The summed E-state index contributed by atoms with van der Waals surface area (Å²) < 4.78 is 5.41. The van der Waals surface area contributed by atoms with Gasteiger partial charge in [-0.05, 0) is 31.8 Å². The Kier molecular flexibility index (Phi) is 2.80. The van der Waals surface area contributed by atoms with E-state index in [1.165, 1.54) is 6.42 Å². The minimum absolute atomic E-state index is 0.0146. The maximum atomic E-state index is 10.8. The third-order valence-corrected chi connectivity index (χ3v) is 2.74. The molecule has 2 fully saturated rings. The Bertz CT molecular complexity index is 180. The second kappa shape index (κ2) is 4.07. The fraction of sp³-hybridized carbons (Fsp3) is 0.889. The summed E-state index contributed by atoms with van der Waals surface area (Å²) in [4.78, 5) is 10.8. The average molecular weight is 184 g/mol. The first-order valence-corrected chi connectivity index (χ1v) is 4.93. The zero-order valence-electron chi connectivity index (χ0n) is 7.71. The first-order valence-electron chi connectivity index (χ1n) is 4.93. The number of morpholine rings is 1. The Balaban J connectivity index is 1.72. The predicted octanol–water partition coefficient (Wildman–Crippen LogP) is -0.499. The van der Waals surface area contributed by atoms with E-state index in [4.69, 9.17) is 4.74 Å². The molecule has 1 amide bonds. The molecule has 0 bridgehead atoms. The molecule has 2 aliphatic heterocycles. The monoisotopic (exact) mass is 184 g/mol. The summed E-state index contributed by atoms with van der Waals surface area (Å²) in [5.74, 6) is 0.751. The summed E-state index contributed by atoms with van der Waals surface area (Å²) in [5.41, 5.74) is 0. The van der Waals surface area contributed by atoms with E-state index >= 15 is 0 Å². The normalized spacial score (nSPS) is 34.6. The van der Waals surface area contributed by atoms with Crippen LogP contribution in [-0.2, 0) is 9.53 Å². The van der Waals surface area contributed by atoms with E-state index in [1.54, 1.807) is 0 Å². The van der Waals surface area contributed by atoms with Crippen LogP contribution < -0.4 is 10.6 Å². The van der Waals surface area contributed by atoms with Crippen molar-refractivity contribution in [3.63, 3.8) is 0 Å². The van der Waals surface area contributed by atoms with Crippen LogP contribution in [0.25, 0.3) is 0 Å². The van der Waals surface area contributed by atoms with Gasteiger partial charge in [0.15, 0.2) is 0 Å². The van der Waals surface area contributed by atoms with Crippen LogP contribution >= 0.6 is 0 Å². The van der Waals surface area contributed by atoms with E-state index in [2.05, 4.69) is 10.6 Å². The van der Waals surface area contributed by atoms with Gasteiger partial charge in [-0.1, -0.05) is 0 Å². The van der Waals surface area contributed by atoms with Gasteiger partial charge in [0, 0.05) is 6.54 Å². The Morgan fingerprint density at radius 1 is 1.46 bits per heavy atom. The van der Waals surface area contributed by atoms with E-state index in [0.717, 1.165) is 25.4 Å². The zero-order chi connectivity index (χ0) is 9.10. The molecule has 74 valence electrons. The number of carbonyl (C=O) groups is 1. The average Bonchev–Trinajstić information content (AvgIpc) is 2.62. The van der Waals surface area contributed by atoms with Gasteiger partial charge in [-0.25, -0.2) is 0 Å². The molecular formula is C9H16N2O2. The quantitative estimate of drug-likeness (QED) is 0.608. The minimum Gasteiger partial charge on any atom is -0.367 e. The lowest BCUT2D eigenvalue weighted by Crippen LogP contribution is -2.43. The molecule has 0 saturated carbocycles. The smallest absolute Gasteiger partial charge is 0.246 e. The van der Waals surface area contributed by atoms with E-state index < -0.39 is 0 Å². The lowest BCUT2D eigenvalue weighted by Gasteiger charge is -2.25. The number of nitrogens with one attached hydrogen (secondary N) is 2. The SMILES string of the molecule is O=C1COC(CC2CCNC2)CN1. The van der Waals surface area contributed by atoms with Gasteiger partial charge in [0.2, 0.25) is 5.91 Å². The van der Waals surface area contributed by atoms with Gasteiger partial charge in [0.05, 0.1) is 6.10 Å². The molecule has 4 heteroatoms. The fourth-order valence-electron chi connectivity index (χ4n) is 1.97. The van der Waals surface area contributed by atoms with Gasteiger partial charge in [0.25, 0.3) is 0 Å². The maximum absolute atomic E-state index is 10.8. The molecule has 0 spiro atoms. The van der Waals surface area contributed by atoms with Gasteiger partial charge < -0.3 is 15.4 Å². The van der Waals surface area contributed by atoms with Crippen LogP contribution in [0.2, 0.25) is 0 Å². The van der Waals surface area contributed by atoms with Crippen LogP contribution in [0.3, 0.4) is 0 Å². The fourth-order valence-corrected chi connectivity index (χ4v) is 1.97. The summed E-state index contributed by atoms with van der Waals surface area (Å²) >= 11 is 0. The van der Waals surface area contributed by atoms with Gasteiger partial charge >= 0.3 is 0 Å². The highest BCUT2D eigenvalue weighted by Crippen LogP contribution is 2.16. The Morgan fingerprint density at radius 3 is 3.00 bits per heavy atom. The zero-order valence-corrected chi connectivity index (χ0v) is 7.71. The molecular weight excluding hydrogens is 168 g/mol. The van der Waals surface area contributed by atoms with Crippen LogP contribution in [-0.4, -0.2) is 38.3 Å². The molecule has 13 heavy (non-hydrogen) atoms. The van der Waals surface area contributed by atoms with Crippen molar-refractivity contribution in [3.05, 3.63) is 0 Å². The van der Waals surface area contributed by atoms with Crippen molar-refractivity contribution in [2.45, 2.75) is 18.9 Å². The van der Waals surface area contributed by atoms with Gasteiger partial charge in [0.1, 0.15) is 6.61 Å². The number of ether oxygens (including phenoxy) is 1. The molecule has 4 nitrogen and oxygen atoms in total. The number of hydrogen-bond donors (Lipinski definition) is 2. The molecule has 0 radical (unpaired) electrons.